The summed E-state index contributed by atoms with van der Waals surface area (Å²) in [5.74, 6) is 3.37. The van der Waals surface area contributed by atoms with Gasteiger partial charge in [-0.15, -0.1) is 47.0 Å². The van der Waals surface area contributed by atoms with Gasteiger partial charge in [-0.2, -0.15) is 6.67 Å². The van der Waals surface area contributed by atoms with E-state index in [1.807, 2.05) is 127 Å². The van der Waals surface area contributed by atoms with Gasteiger partial charge < -0.3 is 19.1 Å². The maximum atomic E-state index is 6.99. The van der Waals surface area contributed by atoms with E-state index in [0.717, 1.165) is 50.0 Å². The van der Waals surface area contributed by atoms with Crippen LogP contribution in [0.3, 0.4) is 0 Å². The number of pyridine rings is 1. The SMILES string of the molecule is CN1C=CN(c2[c-]c(Oc3[c-]c4c(cc3-c3nc(-c5ccccc5)nc(-c5ccccc5)n3)c3ccccc3n4-c3ccccn3)cc(C(C)(C)C)c2)[CH-]1.[Pt]. The Morgan fingerprint density at radius 1 is 0.673 bits per heavy atom. The fourth-order valence-corrected chi connectivity index (χ4v) is 6.68. The quantitative estimate of drug-likeness (QED) is 0.148. The second-order valence-electron chi connectivity index (χ2n) is 14.3. The Balaban J connectivity index is 0.00000427. The summed E-state index contributed by atoms with van der Waals surface area (Å²) >= 11 is 0. The maximum absolute atomic E-state index is 6.99. The third-order valence-electron chi connectivity index (χ3n) is 9.45. The molecule has 8 aromatic rings. The van der Waals surface area contributed by atoms with Crippen LogP contribution in [-0.2, 0) is 26.5 Å². The summed E-state index contributed by atoms with van der Waals surface area (Å²) in [4.78, 5) is 24.0. The van der Waals surface area contributed by atoms with Crippen LogP contribution < -0.4 is 9.64 Å². The van der Waals surface area contributed by atoms with Crippen molar-refractivity contribution in [3.05, 3.63) is 164 Å². The van der Waals surface area contributed by atoms with Crippen LogP contribution in [0.25, 0.3) is 61.8 Å². The van der Waals surface area contributed by atoms with Crippen LogP contribution in [0, 0.1) is 18.8 Å². The molecular formula is C46H36N7OPt-3. The van der Waals surface area contributed by atoms with Gasteiger partial charge in [0.15, 0.2) is 11.6 Å². The number of rotatable bonds is 7. The second kappa shape index (κ2) is 14.6. The monoisotopic (exact) mass is 897 g/mol. The molecule has 9 rings (SSSR count). The summed E-state index contributed by atoms with van der Waals surface area (Å²) < 4.78 is 9.11. The van der Waals surface area contributed by atoms with Gasteiger partial charge in [0.1, 0.15) is 11.6 Å². The number of hydrogen-bond donors (Lipinski definition) is 0. The number of nitrogens with zero attached hydrogens (tertiary/aromatic N) is 7. The van der Waals surface area contributed by atoms with Crippen LogP contribution in [-0.4, -0.2) is 36.5 Å². The molecule has 4 heterocycles. The van der Waals surface area contributed by atoms with Gasteiger partial charge in [-0.1, -0.05) is 111 Å². The molecule has 55 heavy (non-hydrogen) atoms. The first-order valence-corrected chi connectivity index (χ1v) is 17.9. The van der Waals surface area contributed by atoms with Crippen LogP contribution in [0.2, 0.25) is 0 Å². The molecule has 0 spiro atoms. The number of para-hydroxylation sites is 1. The van der Waals surface area contributed by atoms with E-state index < -0.39 is 0 Å². The van der Waals surface area contributed by atoms with Gasteiger partial charge in [0.05, 0.1) is 0 Å². The minimum absolute atomic E-state index is 0. The van der Waals surface area contributed by atoms with Gasteiger partial charge in [-0.3, -0.25) is 0 Å². The molecule has 0 saturated heterocycles. The third-order valence-corrected chi connectivity index (χ3v) is 9.45. The molecule has 0 aliphatic carbocycles. The Labute approximate surface area is 335 Å². The Hall–Kier alpha value is -6.11. The first-order chi connectivity index (χ1) is 26.3. The molecule has 1 aliphatic rings. The van der Waals surface area contributed by atoms with Gasteiger partial charge in [-0.05, 0) is 54.0 Å². The molecule has 0 saturated carbocycles. The summed E-state index contributed by atoms with van der Waals surface area (Å²) in [7, 11) is 2.00. The minimum Gasteiger partial charge on any atom is -0.510 e. The van der Waals surface area contributed by atoms with Gasteiger partial charge in [0.2, 0.25) is 0 Å². The van der Waals surface area contributed by atoms with E-state index in [4.69, 9.17) is 24.7 Å². The van der Waals surface area contributed by atoms with Crippen molar-refractivity contribution in [1.29, 1.82) is 0 Å². The molecule has 8 nitrogen and oxygen atoms in total. The number of aromatic nitrogens is 5. The van der Waals surface area contributed by atoms with Crippen molar-refractivity contribution in [1.82, 2.24) is 29.4 Å². The van der Waals surface area contributed by atoms with Crippen molar-refractivity contribution >= 4 is 27.5 Å². The number of fused-ring (bicyclic) bond motifs is 3. The van der Waals surface area contributed by atoms with E-state index in [1.54, 1.807) is 6.20 Å². The molecule has 1 aliphatic heterocycles. The predicted molar refractivity (Wildman–Crippen MR) is 215 cm³/mol. The average molecular weight is 898 g/mol. The zero-order chi connectivity index (χ0) is 36.8. The molecule has 0 radical (unpaired) electrons. The van der Waals surface area contributed by atoms with E-state index in [2.05, 4.69) is 67.8 Å². The normalized spacial score (nSPS) is 12.7. The smallest absolute Gasteiger partial charge is 0.162 e. The molecule has 0 fully saturated rings. The molecule has 0 amide bonds. The van der Waals surface area contributed by atoms with Crippen LogP contribution in [0.5, 0.6) is 11.5 Å². The zero-order valence-electron chi connectivity index (χ0n) is 30.7. The Morgan fingerprint density at radius 2 is 1.33 bits per heavy atom. The van der Waals surface area contributed by atoms with Crippen molar-refractivity contribution < 1.29 is 25.8 Å². The topological polar surface area (TPSA) is 72.2 Å². The average Bonchev–Trinajstić information content (AvgIpc) is 3.78. The molecule has 0 N–H and O–H groups in total. The van der Waals surface area contributed by atoms with E-state index in [1.165, 1.54) is 0 Å². The van der Waals surface area contributed by atoms with Crippen molar-refractivity contribution in [2.75, 3.05) is 11.9 Å². The molecule has 9 heteroatoms. The van der Waals surface area contributed by atoms with Crippen molar-refractivity contribution in [3.63, 3.8) is 0 Å². The molecule has 5 aromatic carbocycles. The van der Waals surface area contributed by atoms with Crippen LogP contribution >= 0.6 is 0 Å². The molecular weight excluding hydrogens is 862 g/mol. The zero-order valence-corrected chi connectivity index (χ0v) is 33.0. The minimum atomic E-state index is -0.164. The molecule has 0 atom stereocenters. The molecule has 0 unspecified atom stereocenters. The van der Waals surface area contributed by atoms with Crippen LogP contribution in [0.4, 0.5) is 5.69 Å². The summed E-state index contributed by atoms with van der Waals surface area (Å²) in [5.41, 5.74) is 6.06. The van der Waals surface area contributed by atoms with Crippen LogP contribution in [0.1, 0.15) is 26.3 Å². The van der Waals surface area contributed by atoms with Crippen molar-refractivity contribution in [3.8, 4) is 51.5 Å². The first-order valence-electron chi connectivity index (χ1n) is 17.9. The van der Waals surface area contributed by atoms with Crippen molar-refractivity contribution in [2.45, 2.75) is 26.2 Å². The number of anilines is 1. The standard InChI is InChI=1S/C46H36N7O.Pt/c1-46(2,3)33-25-34(52-24-23-51(4)30-52)27-35(26-33)54-41-29-40-37(36-19-11-12-20-39(36)53(40)42-21-13-14-22-47-42)28-38(41)45-49-43(31-15-7-5-8-16-31)48-44(50-45)32-17-9-6-10-18-32;/h5-26,28,30H,1-4H3;/q-3;. The fraction of sp³-hybridized carbons (Fsp3) is 0.109. The summed E-state index contributed by atoms with van der Waals surface area (Å²) in [6.45, 7) is 8.60. The molecule has 3 aromatic heterocycles. The Kier molecular flexibility index (Phi) is 9.54. The third kappa shape index (κ3) is 7.02. The van der Waals surface area contributed by atoms with Gasteiger partial charge in [0.25, 0.3) is 0 Å². The summed E-state index contributed by atoms with van der Waals surface area (Å²) in [6.07, 6.45) is 5.82. The van der Waals surface area contributed by atoms with Gasteiger partial charge >= 0.3 is 0 Å². The summed E-state index contributed by atoms with van der Waals surface area (Å²) in [5, 5.41) is 2.02. The maximum Gasteiger partial charge on any atom is 0.162 e. The fourth-order valence-electron chi connectivity index (χ4n) is 6.68. The van der Waals surface area contributed by atoms with Gasteiger partial charge in [-0.25, -0.2) is 19.9 Å². The molecule has 274 valence electrons. The second-order valence-corrected chi connectivity index (χ2v) is 14.3. The number of ether oxygens (including phenoxy) is 1. The predicted octanol–water partition coefficient (Wildman–Crippen LogP) is 10.4. The van der Waals surface area contributed by atoms with E-state index in [9.17, 15) is 0 Å². The largest absolute Gasteiger partial charge is 0.510 e. The van der Waals surface area contributed by atoms with Crippen LogP contribution in [0.15, 0.2) is 140 Å². The van der Waals surface area contributed by atoms with Gasteiger partial charge in [0, 0.05) is 55.4 Å². The first kappa shape index (κ1) is 35.9. The number of hydrogen-bond acceptors (Lipinski definition) is 7. The Bertz CT molecular complexity index is 2610. The van der Waals surface area contributed by atoms with E-state index in [-0.39, 0.29) is 26.5 Å². The van der Waals surface area contributed by atoms with E-state index >= 15 is 0 Å². The number of benzene rings is 5. The Morgan fingerprint density at radius 3 is 1.96 bits per heavy atom. The van der Waals surface area contributed by atoms with Crippen molar-refractivity contribution in [2.24, 2.45) is 0 Å². The summed E-state index contributed by atoms with van der Waals surface area (Å²) in [6, 6.07) is 47.8. The molecule has 0 bridgehead atoms. The van der Waals surface area contributed by atoms with E-state index in [0.29, 0.717) is 34.5 Å².